The summed E-state index contributed by atoms with van der Waals surface area (Å²) in [7, 11) is 0. The molecule has 0 saturated heterocycles. The van der Waals surface area contributed by atoms with Crippen LogP contribution in [0.4, 0.5) is 0 Å². The van der Waals surface area contributed by atoms with Gasteiger partial charge in [0.1, 0.15) is 5.75 Å². The van der Waals surface area contributed by atoms with Crippen molar-refractivity contribution in [2.24, 2.45) is 0 Å². The fourth-order valence-electron chi connectivity index (χ4n) is 2.20. The van der Waals surface area contributed by atoms with E-state index in [0.29, 0.717) is 11.3 Å². The van der Waals surface area contributed by atoms with Gasteiger partial charge in [-0.3, -0.25) is 0 Å². The number of phenols is 1. The summed E-state index contributed by atoms with van der Waals surface area (Å²) >= 11 is 0. The molecule has 1 heterocycles. The van der Waals surface area contributed by atoms with Gasteiger partial charge in [-0.15, -0.1) is 0 Å². The van der Waals surface area contributed by atoms with Gasteiger partial charge in [0, 0.05) is 6.07 Å². The van der Waals surface area contributed by atoms with E-state index in [1.807, 2.05) is 36.4 Å². The lowest BCUT2D eigenvalue weighted by Crippen LogP contribution is -1.89. The molecule has 0 aliphatic carbocycles. The summed E-state index contributed by atoms with van der Waals surface area (Å²) in [5.41, 5.74) is 3.24. The summed E-state index contributed by atoms with van der Waals surface area (Å²) in [6, 6.07) is 14.5. The third-order valence-corrected chi connectivity index (χ3v) is 3.20. The van der Waals surface area contributed by atoms with E-state index in [-0.39, 0.29) is 12.4 Å². The molecule has 0 aliphatic rings. The zero-order valence-electron chi connectivity index (χ0n) is 10.7. The fraction of sp³-hybridized carbons (Fsp3) is 0.0625. The van der Waals surface area contributed by atoms with Crippen molar-refractivity contribution in [3.8, 4) is 28.2 Å². The topological polar surface area (TPSA) is 66.5 Å². The monoisotopic (exact) mass is 267 g/mol. The number of hydrogen-bond donors (Lipinski definition) is 2. The lowest BCUT2D eigenvalue weighted by atomic mass is 9.97. The molecule has 3 aromatic rings. The first-order valence-electron chi connectivity index (χ1n) is 6.23. The molecule has 0 atom stereocenters. The minimum absolute atomic E-state index is 0.0330. The zero-order valence-corrected chi connectivity index (χ0v) is 10.7. The molecule has 3 rings (SSSR count). The van der Waals surface area contributed by atoms with Crippen LogP contribution in [0.15, 0.2) is 59.3 Å². The number of hydrogen-bond acceptors (Lipinski definition) is 4. The quantitative estimate of drug-likeness (QED) is 0.764. The average molecular weight is 267 g/mol. The third-order valence-electron chi connectivity index (χ3n) is 3.20. The van der Waals surface area contributed by atoms with Gasteiger partial charge in [-0.1, -0.05) is 35.5 Å². The molecule has 4 nitrogen and oxygen atoms in total. The zero-order chi connectivity index (χ0) is 13.9. The molecule has 100 valence electrons. The molecule has 0 spiro atoms. The molecule has 0 amide bonds. The van der Waals surface area contributed by atoms with Gasteiger partial charge in [0.25, 0.3) is 0 Å². The number of aromatic nitrogens is 1. The molecule has 2 N–H and O–H groups in total. The molecule has 1 aromatic heterocycles. The summed E-state index contributed by atoms with van der Waals surface area (Å²) < 4.78 is 5.09. The first-order chi connectivity index (χ1) is 9.79. The van der Waals surface area contributed by atoms with Gasteiger partial charge < -0.3 is 14.7 Å². The SMILES string of the molecule is OCc1ccccc1-c1ccc(O)c(-c2ccno2)c1. The van der Waals surface area contributed by atoms with Crippen molar-refractivity contribution in [2.75, 3.05) is 0 Å². The van der Waals surface area contributed by atoms with E-state index < -0.39 is 0 Å². The van der Waals surface area contributed by atoms with Gasteiger partial charge in [0.15, 0.2) is 5.76 Å². The van der Waals surface area contributed by atoms with Gasteiger partial charge in [-0.2, -0.15) is 0 Å². The second kappa shape index (κ2) is 5.19. The van der Waals surface area contributed by atoms with Crippen LogP contribution in [-0.4, -0.2) is 15.4 Å². The Balaban J connectivity index is 2.14. The van der Waals surface area contributed by atoms with Crippen molar-refractivity contribution >= 4 is 0 Å². The van der Waals surface area contributed by atoms with E-state index in [4.69, 9.17) is 4.52 Å². The molecule has 0 bridgehead atoms. The largest absolute Gasteiger partial charge is 0.507 e. The second-order valence-electron chi connectivity index (χ2n) is 4.42. The highest BCUT2D eigenvalue weighted by Crippen LogP contribution is 2.34. The smallest absolute Gasteiger partial charge is 0.170 e. The fourth-order valence-corrected chi connectivity index (χ4v) is 2.20. The third kappa shape index (κ3) is 2.17. The Kier molecular flexibility index (Phi) is 3.23. The van der Waals surface area contributed by atoms with Crippen LogP contribution in [0.3, 0.4) is 0 Å². The molecule has 20 heavy (non-hydrogen) atoms. The molecule has 0 fully saturated rings. The molecule has 0 aliphatic heterocycles. The molecule has 0 unspecified atom stereocenters. The Hall–Kier alpha value is -2.59. The van der Waals surface area contributed by atoms with E-state index in [9.17, 15) is 10.2 Å². The van der Waals surface area contributed by atoms with Crippen LogP contribution in [-0.2, 0) is 6.61 Å². The highest BCUT2D eigenvalue weighted by Gasteiger charge is 2.11. The highest BCUT2D eigenvalue weighted by atomic mass is 16.5. The van der Waals surface area contributed by atoms with Crippen LogP contribution in [0.25, 0.3) is 22.5 Å². The Bertz CT molecular complexity index is 720. The standard InChI is InChI=1S/C16H13NO3/c18-10-12-3-1-2-4-13(12)11-5-6-15(19)14(9-11)16-7-8-17-20-16/h1-9,18-19H,10H2. The Labute approximate surface area is 115 Å². The van der Waals surface area contributed by atoms with E-state index in [0.717, 1.165) is 16.7 Å². The number of aromatic hydroxyl groups is 1. The lowest BCUT2D eigenvalue weighted by molar-refractivity contribution is 0.282. The van der Waals surface area contributed by atoms with Crippen LogP contribution in [0.5, 0.6) is 5.75 Å². The average Bonchev–Trinajstić information content (AvgIpc) is 3.02. The Morgan fingerprint density at radius 1 is 1.00 bits per heavy atom. The number of aliphatic hydroxyl groups excluding tert-OH is 1. The van der Waals surface area contributed by atoms with Crippen LogP contribution >= 0.6 is 0 Å². The second-order valence-corrected chi connectivity index (χ2v) is 4.42. The highest BCUT2D eigenvalue weighted by molar-refractivity contribution is 5.76. The molecule has 0 saturated carbocycles. The van der Waals surface area contributed by atoms with Crippen molar-refractivity contribution in [1.29, 1.82) is 0 Å². The summed E-state index contributed by atoms with van der Waals surface area (Å²) in [5, 5.41) is 23.0. The van der Waals surface area contributed by atoms with Gasteiger partial charge >= 0.3 is 0 Å². The van der Waals surface area contributed by atoms with Gasteiger partial charge in [-0.25, -0.2) is 0 Å². The first kappa shape index (κ1) is 12.4. The van der Waals surface area contributed by atoms with E-state index in [2.05, 4.69) is 5.16 Å². The van der Waals surface area contributed by atoms with Crippen molar-refractivity contribution in [2.45, 2.75) is 6.61 Å². The van der Waals surface area contributed by atoms with Gasteiger partial charge in [0.05, 0.1) is 18.4 Å². The summed E-state index contributed by atoms with van der Waals surface area (Å²) in [4.78, 5) is 0. The number of benzene rings is 2. The molecule has 2 aromatic carbocycles. The Morgan fingerprint density at radius 2 is 1.85 bits per heavy atom. The molecule has 4 heteroatoms. The first-order valence-corrected chi connectivity index (χ1v) is 6.23. The predicted molar refractivity (Wildman–Crippen MR) is 75.0 cm³/mol. The van der Waals surface area contributed by atoms with Gasteiger partial charge in [-0.05, 0) is 28.8 Å². The Morgan fingerprint density at radius 3 is 2.60 bits per heavy atom. The maximum Gasteiger partial charge on any atom is 0.170 e. The summed E-state index contributed by atoms with van der Waals surface area (Å²) in [5.74, 6) is 0.637. The number of nitrogens with zero attached hydrogens (tertiary/aromatic N) is 1. The van der Waals surface area contributed by atoms with Crippen molar-refractivity contribution in [3.05, 3.63) is 60.3 Å². The molecular weight excluding hydrogens is 254 g/mol. The van der Waals surface area contributed by atoms with Gasteiger partial charge in [0.2, 0.25) is 0 Å². The molecular formula is C16H13NO3. The van der Waals surface area contributed by atoms with Crippen LogP contribution < -0.4 is 0 Å². The number of aliphatic hydroxyl groups is 1. The van der Waals surface area contributed by atoms with Crippen LogP contribution in [0, 0.1) is 0 Å². The summed E-state index contributed by atoms with van der Waals surface area (Å²) in [6.45, 7) is -0.0330. The van der Waals surface area contributed by atoms with Crippen molar-refractivity contribution in [3.63, 3.8) is 0 Å². The maximum absolute atomic E-state index is 9.94. The summed E-state index contributed by atoms with van der Waals surface area (Å²) in [6.07, 6.45) is 1.53. The van der Waals surface area contributed by atoms with Crippen LogP contribution in [0.2, 0.25) is 0 Å². The van der Waals surface area contributed by atoms with E-state index >= 15 is 0 Å². The molecule has 0 radical (unpaired) electrons. The predicted octanol–water partition coefficient (Wildman–Crippen LogP) is 3.21. The van der Waals surface area contributed by atoms with E-state index in [1.165, 1.54) is 6.20 Å². The normalized spacial score (nSPS) is 10.7. The minimum atomic E-state index is -0.0330. The number of phenolic OH excluding ortho intramolecular Hbond substituents is 1. The maximum atomic E-state index is 9.94. The van der Waals surface area contributed by atoms with Crippen molar-refractivity contribution < 1.29 is 14.7 Å². The van der Waals surface area contributed by atoms with Crippen LogP contribution in [0.1, 0.15) is 5.56 Å². The van der Waals surface area contributed by atoms with E-state index in [1.54, 1.807) is 12.1 Å². The minimum Gasteiger partial charge on any atom is -0.507 e. The lowest BCUT2D eigenvalue weighted by Gasteiger charge is -2.09. The number of rotatable bonds is 3. The van der Waals surface area contributed by atoms with Crippen molar-refractivity contribution in [1.82, 2.24) is 5.16 Å².